The summed E-state index contributed by atoms with van der Waals surface area (Å²) in [6.07, 6.45) is 5.51. The number of aryl methyl sites for hydroxylation is 1. The summed E-state index contributed by atoms with van der Waals surface area (Å²) in [7, 11) is 0. The van der Waals surface area contributed by atoms with Crippen LogP contribution in [0.5, 0.6) is 0 Å². The van der Waals surface area contributed by atoms with Gasteiger partial charge in [0.1, 0.15) is 0 Å². The van der Waals surface area contributed by atoms with Crippen molar-refractivity contribution >= 4 is 0 Å². The normalized spacial score (nSPS) is 22.2. The first-order valence-corrected chi connectivity index (χ1v) is 6.98. The van der Waals surface area contributed by atoms with Crippen molar-refractivity contribution in [3.63, 3.8) is 0 Å². The molecular formula is C16H24O. The van der Waals surface area contributed by atoms with E-state index in [1.807, 2.05) is 0 Å². The van der Waals surface area contributed by atoms with Gasteiger partial charge in [0.15, 0.2) is 0 Å². The third-order valence-corrected chi connectivity index (χ3v) is 4.07. The molecule has 1 aromatic rings. The average Bonchev–Trinajstić information content (AvgIpc) is 2.72. The van der Waals surface area contributed by atoms with E-state index in [0.717, 1.165) is 19.3 Å². The van der Waals surface area contributed by atoms with Gasteiger partial charge in [0.2, 0.25) is 0 Å². The highest BCUT2D eigenvalue weighted by Crippen LogP contribution is 2.37. The average molecular weight is 232 g/mol. The molecular weight excluding hydrogens is 208 g/mol. The van der Waals surface area contributed by atoms with E-state index in [9.17, 15) is 5.11 Å². The highest BCUT2D eigenvalue weighted by atomic mass is 16.3. The molecule has 0 aromatic heterocycles. The first kappa shape index (κ1) is 12.6. The highest BCUT2D eigenvalue weighted by Gasteiger charge is 2.28. The van der Waals surface area contributed by atoms with E-state index in [1.54, 1.807) is 0 Å². The lowest BCUT2D eigenvalue weighted by Crippen LogP contribution is -2.19. The Hall–Kier alpha value is -0.820. The molecule has 0 fully saturated rings. The van der Waals surface area contributed by atoms with Crippen molar-refractivity contribution in [1.29, 1.82) is 0 Å². The minimum atomic E-state index is -0.153. The van der Waals surface area contributed by atoms with Crippen LogP contribution in [0.1, 0.15) is 56.6 Å². The standard InChI is InChI=1S/C16H24O/c1-3-6-12(2)11-16(17)15-10-9-13-7-4-5-8-14(13)15/h4-5,7-8,12,15-17H,3,6,9-11H2,1-2H3. The third kappa shape index (κ3) is 2.90. The summed E-state index contributed by atoms with van der Waals surface area (Å²) < 4.78 is 0. The van der Waals surface area contributed by atoms with Gasteiger partial charge in [0.25, 0.3) is 0 Å². The Labute approximate surface area is 105 Å². The molecule has 0 amide bonds. The number of aliphatic hydroxyl groups is 1. The summed E-state index contributed by atoms with van der Waals surface area (Å²) in [6, 6.07) is 8.60. The van der Waals surface area contributed by atoms with Gasteiger partial charge in [0.05, 0.1) is 6.10 Å². The molecule has 1 aliphatic rings. The summed E-state index contributed by atoms with van der Waals surface area (Å²) in [5.74, 6) is 1.02. The monoisotopic (exact) mass is 232 g/mol. The molecule has 1 aromatic carbocycles. The molecule has 0 saturated heterocycles. The summed E-state index contributed by atoms with van der Waals surface area (Å²) >= 11 is 0. The molecule has 0 bridgehead atoms. The number of hydrogen-bond donors (Lipinski definition) is 1. The van der Waals surface area contributed by atoms with Crippen molar-refractivity contribution < 1.29 is 5.11 Å². The van der Waals surface area contributed by atoms with E-state index in [4.69, 9.17) is 0 Å². The van der Waals surface area contributed by atoms with E-state index >= 15 is 0 Å². The van der Waals surface area contributed by atoms with E-state index in [-0.39, 0.29) is 6.10 Å². The van der Waals surface area contributed by atoms with E-state index in [2.05, 4.69) is 38.1 Å². The van der Waals surface area contributed by atoms with Crippen LogP contribution in [0.15, 0.2) is 24.3 Å². The van der Waals surface area contributed by atoms with E-state index < -0.39 is 0 Å². The van der Waals surface area contributed by atoms with Crippen molar-refractivity contribution in [2.24, 2.45) is 5.92 Å². The second kappa shape index (κ2) is 5.68. The maximum Gasteiger partial charge on any atom is 0.0611 e. The van der Waals surface area contributed by atoms with Gasteiger partial charge in [-0.3, -0.25) is 0 Å². The lowest BCUT2D eigenvalue weighted by atomic mass is 9.88. The molecule has 1 nitrogen and oxygen atoms in total. The van der Waals surface area contributed by atoms with Crippen LogP contribution in [-0.4, -0.2) is 11.2 Å². The lowest BCUT2D eigenvalue weighted by molar-refractivity contribution is 0.114. The van der Waals surface area contributed by atoms with Crippen LogP contribution in [0.2, 0.25) is 0 Å². The molecule has 1 heteroatoms. The molecule has 0 radical (unpaired) electrons. The molecule has 0 spiro atoms. The third-order valence-electron chi connectivity index (χ3n) is 4.07. The number of benzene rings is 1. The fourth-order valence-electron chi connectivity index (χ4n) is 3.18. The lowest BCUT2D eigenvalue weighted by Gasteiger charge is -2.22. The molecule has 1 aliphatic carbocycles. The van der Waals surface area contributed by atoms with Gasteiger partial charge >= 0.3 is 0 Å². The smallest absolute Gasteiger partial charge is 0.0611 e. The molecule has 2 rings (SSSR count). The zero-order chi connectivity index (χ0) is 12.3. The number of fused-ring (bicyclic) bond motifs is 1. The van der Waals surface area contributed by atoms with Crippen LogP contribution >= 0.6 is 0 Å². The predicted molar refractivity (Wildman–Crippen MR) is 72.2 cm³/mol. The molecule has 3 atom stereocenters. The van der Waals surface area contributed by atoms with Gasteiger partial charge < -0.3 is 5.11 Å². The van der Waals surface area contributed by atoms with Gasteiger partial charge in [-0.25, -0.2) is 0 Å². The maximum atomic E-state index is 10.4. The van der Waals surface area contributed by atoms with E-state index in [1.165, 1.54) is 24.0 Å². The van der Waals surface area contributed by atoms with Crippen LogP contribution < -0.4 is 0 Å². The van der Waals surface area contributed by atoms with Crippen molar-refractivity contribution in [3.8, 4) is 0 Å². The highest BCUT2D eigenvalue weighted by molar-refractivity contribution is 5.35. The molecule has 0 aliphatic heterocycles. The Kier molecular flexibility index (Phi) is 4.22. The SMILES string of the molecule is CCCC(C)CC(O)C1CCc2ccccc21. The van der Waals surface area contributed by atoms with Crippen LogP contribution in [0.3, 0.4) is 0 Å². The summed E-state index contributed by atoms with van der Waals surface area (Å²) in [4.78, 5) is 0. The molecule has 3 unspecified atom stereocenters. The second-order valence-electron chi connectivity index (χ2n) is 5.54. The Morgan fingerprint density at radius 3 is 2.88 bits per heavy atom. The number of aliphatic hydroxyl groups excluding tert-OH is 1. The van der Waals surface area contributed by atoms with Gasteiger partial charge in [-0.2, -0.15) is 0 Å². The Balaban J connectivity index is 2.00. The molecule has 17 heavy (non-hydrogen) atoms. The number of hydrogen-bond acceptors (Lipinski definition) is 1. The molecule has 0 saturated carbocycles. The molecule has 94 valence electrons. The first-order chi connectivity index (χ1) is 8.22. The fourth-order valence-corrected chi connectivity index (χ4v) is 3.18. The fraction of sp³-hybridized carbons (Fsp3) is 0.625. The van der Waals surface area contributed by atoms with Crippen molar-refractivity contribution in [1.82, 2.24) is 0 Å². The maximum absolute atomic E-state index is 10.4. The largest absolute Gasteiger partial charge is 0.392 e. The van der Waals surface area contributed by atoms with Crippen molar-refractivity contribution in [2.45, 2.75) is 58.0 Å². The Bertz CT molecular complexity index is 358. The first-order valence-electron chi connectivity index (χ1n) is 6.98. The van der Waals surface area contributed by atoms with E-state index in [0.29, 0.717) is 11.8 Å². The van der Waals surface area contributed by atoms with Crippen LogP contribution in [0, 0.1) is 5.92 Å². The van der Waals surface area contributed by atoms with Gasteiger partial charge in [-0.05, 0) is 36.3 Å². The van der Waals surface area contributed by atoms with Gasteiger partial charge in [-0.1, -0.05) is 51.0 Å². The zero-order valence-corrected chi connectivity index (χ0v) is 11.0. The molecule has 1 N–H and O–H groups in total. The predicted octanol–water partition coefficient (Wildman–Crippen LogP) is 3.90. The molecule has 0 heterocycles. The van der Waals surface area contributed by atoms with Crippen LogP contribution in [0.25, 0.3) is 0 Å². The Morgan fingerprint density at radius 2 is 2.12 bits per heavy atom. The van der Waals surface area contributed by atoms with Crippen LogP contribution in [0.4, 0.5) is 0 Å². The van der Waals surface area contributed by atoms with Gasteiger partial charge in [-0.15, -0.1) is 0 Å². The minimum Gasteiger partial charge on any atom is -0.392 e. The van der Waals surface area contributed by atoms with Gasteiger partial charge in [0, 0.05) is 5.92 Å². The Morgan fingerprint density at radius 1 is 1.35 bits per heavy atom. The number of rotatable bonds is 5. The summed E-state index contributed by atoms with van der Waals surface area (Å²) in [5, 5.41) is 10.4. The van der Waals surface area contributed by atoms with Crippen LogP contribution in [-0.2, 0) is 6.42 Å². The second-order valence-corrected chi connectivity index (χ2v) is 5.54. The topological polar surface area (TPSA) is 20.2 Å². The zero-order valence-electron chi connectivity index (χ0n) is 11.0. The summed E-state index contributed by atoms with van der Waals surface area (Å²) in [5.41, 5.74) is 2.84. The summed E-state index contributed by atoms with van der Waals surface area (Å²) in [6.45, 7) is 4.47. The van der Waals surface area contributed by atoms with Crippen molar-refractivity contribution in [3.05, 3.63) is 35.4 Å². The van der Waals surface area contributed by atoms with Crippen molar-refractivity contribution in [2.75, 3.05) is 0 Å². The minimum absolute atomic E-state index is 0.153. The quantitative estimate of drug-likeness (QED) is 0.816.